The Bertz CT molecular complexity index is 394. The molecule has 2 atom stereocenters. The molecule has 0 aliphatic heterocycles. The van der Waals surface area contributed by atoms with Crippen molar-refractivity contribution in [2.24, 2.45) is 11.8 Å². The first-order chi connectivity index (χ1) is 9.33. The highest BCUT2D eigenvalue weighted by Crippen LogP contribution is 2.43. The minimum Gasteiger partial charge on any atom is -0.314 e. The topological polar surface area (TPSA) is 40.7 Å². The fraction of sp³-hybridized carbons (Fsp3) is 0.812. The molecule has 1 aromatic rings. The number of aromatic nitrogens is 2. The van der Waals surface area contributed by atoms with Gasteiger partial charge < -0.3 is 5.32 Å². The molecule has 2 N–H and O–H groups in total. The molecular weight excluding hydrogens is 234 g/mol. The Hall–Kier alpha value is -0.830. The molecule has 0 aromatic carbocycles. The van der Waals surface area contributed by atoms with Crippen LogP contribution in [0, 0.1) is 18.8 Å². The molecule has 0 saturated heterocycles. The molecule has 106 valence electrons. The van der Waals surface area contributed by atoms with Crippen LogP contribution in [0.25, 0.3) is 0 Å². The predicted octanol–water partition coefficient (Wildman–Crippen LogP) is 3.21. The summed E-state index contributed by atoms with van der Waals surface area (Å²) in [6.45, 7) is 3.27. The zero-order chi connectivity index (χ0) is 13.1. The van der Waals surface area contributed by atoms with Gasteiger partial charge in [-0.05, 0) is 69.4 Å². The van der Waals surface area contributed by atoms with E-state index in [1.54, 1.807) is 0 Å². The van der Waals surface area contributed by atoms with Crippen molar-refractivity contribution in [1.82, 2.24) is 15.5 Å². The van der Waals surface area contributed by atoms with Crippen LogP contribution >= 0.6 is 0 Å². The van der Waals surface area contributed by atoms with E-state index in [1.165, 1.54) is 56.2 Å². The summed E-state index contributed by atoms with van der Waals surface area (Å²) in [7, 11) is 0. The van der Waals surface area contributed by atoms with Gasteiger partial charge in [-0.15, -0.1) is 0 Å². The summed E-state index contributed by atoms with van der Waals surface area (Å²) < 4.78 is 0. The summed E-state index contributed by atoms with van der Waals surface area (Å²) in [5.74, 6) is 2.14. The largest absolute Gasteiger partial charge is 0.314 e. The molecule has 2 aliphatic carbocycles. The second-order valence-electron chi connectivity index (χ2n) is 6.54. The summed E-state index contributed by atoms with van der Waals surface area (Å²) >= 11 is 0. The Balaban J connectivity index is 1.34. The number of aryl methyl sites for hydroxylation is 2. The van der Waals surface area contributed by atoms with E-state index < -0.39 is 0 Å². The zero-order valence-corrected chi connectivity index (χ0v) is 12.1. The lowest BCUT2D eigenvalue weighted by molar-refractivity contribution is 0.261. The normalized spacial score (nSPS) is 27.6. The van der Waals surface area contributed by atoms with Crippen molar-refractivity contribution >= 4 is 0 Å². The van der Waals surface area contributed by atoms with Crippen LogP contribution in [0.4, 0.5) is 0 Å². The van der Waals surface area contributed by atoms with Gasteiger partial charge in [-0.25, -0.2) is 0 Å². The predicted molar refractivity (Wildman–Crippen MR) is 78.1 cm³/mol. The highest BCUT2D eigenvalue weighted by Gasteiger charge is 2.34. The van der Waals surface area contributed by atoms with E-state index in [4.69, 9.17) is 0 Å². The van der Waals surface area contributed by atoms with E-state index in [2.05, 4.69) is 22.4 Å². The van der Waals surface area contributed by atoms with Crippen LogP contribution in [0.5, 0.6) is 0 Å². The van der Waals surface area contributed by atoms with Gasteiger partial charge in [0.05, 0.1) is 6.20 Å². The smallest absolute Gasteiger partial charge is 0.0522 e. The third-order valence-corrected chi connectivity index (χ3v) is 4.99. The average Bonchev–Trinajstić information content (AvgIpc) is 3.20. The second-order valence-corrected chi connectivity index (χ2v) is 6.54. The minimum atomic E-state index is 0.796. The van der Waals surface area contributed by atoms with Gasteiger partial charge in [0.1, 0.15) is 0 Å². The second kappa shape index (κ2) is 6.08. The van der Waals surface area contributed by atoms with Gasteiger partial charge in [0.2, 0.25) is 0 Å². The number of nitrogens with one attached hydrogen (secondary N) is 2. The van der Waals surface area contributed by atoms with Crippen molar-refractivity contribution in [3.05, 3.63) is 17.5 Å². The van der Waals surface area contributed by atoms with Crippen LogP contribution in [0.2, 0.25) is 0 Å². The van der Waals surface area contributed by atoms with Gasteiger partial charge in [-0.1, -0.05) is 12.8 Å². The molecule has 2 unspecified atom stereocenters. The zero-order valence-electron chi connectivity index (χ0n) is 12.1. The maximum atomic E-state index is 4.08. The van der Waals surface area contributed by atoms with Crippen LogP contribution in [0.15, 0.2) is 6.20 Å². The fourth-order valence-corrected chi connectivity index (χ4v) is 3.62. The highest BCUT2D eigenvalue weighted by molar-refractivity contribution is 5.14. The number of aromatic amines is 1. The van der Waals surface area contributed by atoms with Crippen molar-refractivity contribution in [2.45, 2.75) is 64.3 Å². The van der Waals surface area contributed by atoms with Crippen LogP contribution in [-0.2, 0) is 6.42 Å². The van der Waals surface area contributed by atoms with Crippen molar-refractivity contribution in [1.29, 1.82) is 0 Å². The van der Waals surface area contributed by atoms with E-state index in [9.17, 15) is 0 Å². The summed E-state index contributed by atoms with van der Waals surface area (Å²) in [6, 6.07) is 0.796. The maximum Gasteiger partial charge on any atom is 0.0522 e. The average molecular weight is 261 g/mol. The summed E-state index contributed by atoms with van der Waals surface area (Å²) in [6.07, 6.45) is 13.1. The van der Waals surface area contributed by atoms with Gasteiger partial charge in [-0.2, -0.15) is 5.10 Å². The number of nitrogens with zero attached hydrogens (tertiary/aromatic N) is 1. The van der Waals surface area contributed by atoms with Crippen molar-refractivity contribution in [3.8, 4) is 0 Å². The van der Waals surface area contributed by atoms with Gasteiger partial charge in [0.15, 0.2) is 0 Å². The Morgan fingerprint density at radius 1 is 1.26 bits per heavy atom. The fourth-order valence-electron chi connectivity index (χ4n) is 3.62. The highest BCUT2D eigenvalue weighted by atomic mass is 15.1. The van der Waals surface area contributed by atoms with E-state index in [0.717, 1.165) is 30.8 Å². The molecule has 3 nitrogen and oxygen atoms in total. The number of hydrogen-bond donors (Lipinski definition) is 2. The van der Waals surface area contributed by atoms with Crippen molar-refractivity contribution in [3.63, 3.8) is 0 Å². The van der Waals surface area contributed by atoms with Crippen molar-refractivity contribution < 1.29 is 0 Å². The van der Waals surface area contributed by atoms with Crippen LogP contribution in [0.1, 0.15) is 56.2 Å². The number of rotatable bonds is 6. The molecule has 0 amide bonds. The Labute approximate surface area is 116 Å². The van der Waals surface area contributed by atoms with Crippen LogP contribution in [-0.4, -0.2) is 22.8 Å². The van der Waals surface area contributed by atoms with Gasteiger partial charge in [0, 0.05) is 11.7 Å². The molecule has 3 rings (SSSR count). The van der Waals surface area contributed by atoms with E-state index in [0.29, 0.717) is 0 Å². The summed E-state index contributed by atoms with van der Waals surface area (Å²) in [4.78, 5) is 0. The quantitative estimate of drug-likeness (QED) is 0.772. The Morgan fingerprint density at radius 2 is 2.16 bits per heavy atom. The van der Waals surface area contributed by atoms with Crippen LogP contribution in [0.3, 0.4) is 0 Å². The lowest BCUT2D eigenvalue weighted by Gasteiger charge is -2.30. The molecular formula is C16H27N3. The van der Waals surface area contributed by atoms with Crippen molar-refractivity contribution in [2.75, 3.05) is 6.54 Å². The first kappa shape index (κ1) is 13.2. The SMILES string of the molecule is Cc1[nH]ncc1CCCNC1CCCC(C2CC2)C1. The molecule has 0 bridgehead atoms. The van der Waals surface area contributed by atoms with Crippen LogP contribution < -0.4 is 5.32 Å². The Kier molecular flexibility index (Phi) is 4.21. The summed E-state index contributed by atoms with van der Waals surface area (Å²) in [5.41, 5.74) is 2.60. The molecule has 0 radical (unpaired) electrons. The van der Waals surface area contributed by atoms with E-state index in [1.807, 2.05) is 6.20 Å². The monoisotopic (exact) mass is 261 g/mol. The molecule has 19 heavy (non-hydrogen) atoms. The third kappa shape index (κ3) is 3.59. The molecule has 0 spiro atoms. The summed E-state index contributed by atoms with van der Waals surface area (Å²) in [5, 5.41) is 10.9. The van der Waals surface area contributed by atoms with Gasteiger partial charge in [0.25, 0.3) is 0 Å². The van der Waals surface area contributed by atoms with Gasteiger partial charge >= 0.3 is 0 Å². The number of hydrogen-bond acceptors (Lipinski definition) is 2. The lowest BCUT2D eigenvalue weighted by Crippen LogP contribution is -2.35. The molecule has 2 fully saturated rings. The lowest BCUT2D eigenvalue weighted by atomic mass is 9.82. The third-order valence-electron chi connectivity index (χ3n) is 4.99. The molecule has 1 aromatic heterocycles. The molecule has 2 saturated carbocycles. The first-order valence-electron chi connectivity index (χ1n) is 8.05. The standard InChI is InChI=1S/C16H27N3/c1-12-15(11-18-19-12)5-3-9-17-16-6-2-4-14(10-16)13-7-8-13/h11,13-14,16-17H,2-10H2,1H3,(H,18,19). The molecule has 2 aliphatic rings. The maximum absolute atomic E-state index is 4.08. The molecule has 1 heterocycles. The number of H-pyrrole nitrogens is 1. The first-order valence-corrected chi connectivity index (χ1v) is 8.05. The minimum absolute atomic E-state index is 0.796. The Morgan fingerprint density at radius 3 is 2.89 bits per heavy atom. The molecule has 3 heteroatoms. The van der Waals surface area contributed by atoms with Gasteiger partial charge in [-0.3, -0.25) is 5.10 Å². The van der Waals surface area contributed by atoms with E-state index >= 15 is 0 Å². The van der Waals surface area contributed by atoms with E-state index in [-0.39, 0.29) is 0 Å².